The molecule has 0 aliphatic carbocycles. The third-order valence-electron chi connectivity index (χ3n) is 1.32. The molecule has 0 atom stereocenters. The quantitative estimate of drug-likeness (QED) is 0.724. The average Bonchev–Trinajstić information content (AvgIpc) is 2.35. The van der Waals surface area contributed by atoms with Crippen LogP contribution in [0.15, 0.2) is 24.9 Å². The second kappa shape index (κ2) is 12.6. The zero-order chi connectivity index (χ0) is 12.1. The summed E-state index contributed by atoms with van der Waals surface area (Å²) in [7, 11) is 0. The number of nitrogens with zero attached hydrogens (tertiary/aromatic N) is 2. The van der Waals surface area contributed by atoms with E-state index in [0.717, 1.165) is 11.3 Å². The Bertz CT molecular complexity index is 278. The standard InChI is InChI=1S/C9H10N2.2C2H6/c1-3-5-8-6-7-10-11-9(8)4-2;2*1-2/h3-7H,2H2,1H3;2*1-2H3/b5-3-;;. The maximum Gasteiger partial charge on any atom is 0.0923 e. The van der Waals surface area contributed by atoms with E-state index in [4.69, 9.17) is 0 Å². The molecule has 84 valence electrons. The lowest BCUT2D eigenvalue weighted by molar-refractivity contribution is 1.01. The first-order chi connectivity index (χ1) is 7.38. The van der Waals surface area contributed by atoms with Crippen molar-refractivity contribution in [3.05, 3.63) is 36.2 Å². The zero-order valence-corrected chi connectivity index (χ0v) is 10.5. The van der Waals surface area contributed by atoms with Gasteiger partial charge in [0.1, 0.15) is 0 Å². The van der Waals surface area contributed by atoms with Gasteiger partial charge in [0.05, 0.1) is 11.9 Å². The van der Waals surface area contributed by atoms with E-state index < -0.39 is 0 Å². The monoisotopic (exact) mass is 206 g/mol. The molecule has 0 fully saturated rings. The van der Waals surface area contributed by atoms with Crippen molar-refractivity contribution in [2.75, 3.05) is 0 Å². The minimum atomic E-state index is 0.825. The van der Waals surface area contributed by atoms with Crippen molar-refractivity contribution in [2.24, 2.45) is 0 Å². The Labute approximate surface area is 93.8 Å². The highest BCUT2D eigenvalue weighted by Gasteiger charge is 1.93. The zero-order valence-electron chi connectivity index (χ0n) is 10.5. The average molecular weight is 206 g/mol. The van der Waals surface area contributed by atoms with Crippen molar-refractivity contribution in [2.45, 2.75) is 34.6 Å². The molecule has 0 saturated heterocycles. The predicted molar refractivity (Wildman–Crippen MR) is 69.5 cm³/mol. The highest BCUT2D eigenvalue weighted by atomic mass is 15.1. The molecule has 0 N–H and O–H groups in total. The molecule has 0 spiro atoms. The van der Waals surface area contributed by atoms with E-state index in [0.29, 0.717) is 0 Å². The van der Waals surface area contributed by atoms with E-state index in [1.165, 1.54) is 0 Å². The molecular formula is C13H22N2. The number of hydrogen-bond donors (Lipinski definition) is 0. The Morgan fingerprint density at radius 2 is 1.80 bits per heavy atom. The van der Waals surface area contributed by atoms with E-state index in [9.17, 15) is 0 Å². The summed E-state index contributed by atoms with van der Waals surface area (Å²) in [6, 6.07) is 1.91. The molecule has 1 aromatic heterocycles. The molecule has 0 radical (unpaired) electrons. The number of rotatable bonds is 2. The summed E-state index contributed by atoms with van der Waals surface area (Å²) in [6.45, 7) is 13.6. The molecule has 0 aliphatic heterocycles. The van der Waals surface area contributed by atoms with E-state index in [1.54, 1.807) is 12.3 Å². The van der Waals surface area contributed by atoms with E-state index in [2.05, 4.69) is 16.8 Å². The highest BCUT2D eigenvalue weighted by molar-refractivity contribution is 5.60. The minimum Gasteiger partial charge on any atom is -0.159 e. The van der Waals surface area contributed by atoms with Crippen LogP contribution in [0.25, 0.3) is 12.2 Å². The van der Waals surface area contributed by atoms with Gasteiger partial charge in [-0.2, -0.15) is 10.2 Å². The van der Waals surface area contributed by atoms with Crippen molar-refractivity contribution in [1.82, 2.24) is 10.2 Å². The topological polar surface area (TPSA) is 25.8 Å². The molecule has 0 saturated carbocycles. The van der Waals surface area contributed by atoms with E-state index >= 15 is 0 Å². The Morgan fingerprint density at radius 1 is 1.20 bits per heavy atom. The largest absolute Gasteiger partial charge is 0.159 e. The summed E-state index contributed by atoms with van der Waals surface area (Å²) in [4.78, 5) is 0. The van der Waals surface area contributed by atoms with Gasteiger partial charge in [-0.1, -0.05) is 46.4 Å². The van der Waals surface area contributed by atoms with Gasteiger partial charge in [-0.05, 0) is 19.1 Å². The predicted octanol–water partition coefficient (Wildman–Crippen LogP) is 4.21. The van der Waals surface area contributed by atoms with E-state index in [1.807, 2.05) is 52.8 Å². The van der Waals surface area contributed by atoms with Crippen LogP contribution in [0.2, 0.25) is 0 Å². The highest BCUT2D eigenvalue weighted by Crippen LogP contribution is 2.06. The Kier molecular flexibility index (Phi) is 13.4. The van der Waals surface area contributed by atoms with Gasteiger partial charge in [0.2, 0.25) is 0 Å². The third kappa shape index (κ3) is 6.61. The van der Waals surface area contributed by atoms with Gasteiger partial charge in [0.25, 0.3) is 0 Å². The van der Waals surface area contributed by atoms with Crippen LogP contribution in [0.5, 0.6) is 0 Å². The van der Waals surface area contributed by atoms with Crippen molar-refractivity contribution < 1.29 is 0 Å². The molecule has 2 heteroatoms. The van der Waals surface area contributed by atoms with Crippen molar-refractivity contribution in [3.8, 4) is 0 Å². The summed E-state index contributed by atoms with van der Waals surface area (Å²) in [6.07, 6.45) is 7.31. The lowest BCUT2D eigenvalue weighted by atomic mass is 10.2. The van der Waals surface area contributed by atoms with Crippen LogP contribution in [-0.4, -0.2) is 10.2 Å². The normalized spacial score (nSPS) is 8.33. The fraction of sp³-hybridized carbons (Fsp3) is 0.385. The van der Waals surface area contributed by atoms with Crippen LogP contribution >= 0.6 is 0 Å². The van der Waals surface area contributed by atoms with E-state index in [-0.39, 0.29) is 0 Å². The summed E-state index contributed by atoms with van der Waals surface area (Å²) >= 11 is 0. The molecule has 0 amide bonds. The second-order valence-electron chi connectivity index (χ2n) is 2.08. The van der Waals surface area contributed by atoms with Crippen molar-refractivity contribution >= 4 is 12.2 Å². The van der Waals surface area contributed by atoms with Crippen LogP contribution in [0.4, 0.5) is 0 Å². The maximum absolute atomic E-state index is 3.90. The maximum atomic E-state index is 3.90. The first-order valence-corrected chi connectivity index (χ1v) is 5.45. The smallest absolute Gasteiger partial charge is 0.0923 e. The molecule has 15 heavy (non-hydrogen) atoms. The van der Waals surface area contributed by atoms with Gasteiger partial charge in [0.15, 0.2) is 0 Å². The van der Waals surface area contributed by atoms with Gasteiger partial charge in [0, 0.05) is 5.56 Å². The Hall–Kier alpha value is -1.44. The van der Waals surface area contributed by atoms with Crippen molar-refractivity contribution in [1.29, 1.82) is 0 Å². The fourth-order valence-corrected chi connectivity index (χ4v) is 0.831. The minimum absolute atomic E-state index is 0.825. The van der Waals surface area contributed by atoms with Gasteiger partial charge >= 0.3 is 0 Å². The van der Waals surface area contributed by atoms with Crippen molar-refractivity contribution in [3.63, 3.8) is 0 Å². The van der Waals surface area contributed by atoms with Crippen LogP contribution in [0.1, 0.15) is 45.9 Å². The number of allylic oxidation sites excluding steroid dienone is 1. The lowest BCUT2D eigenvalue weighted by Crippen LogP contribution is -1.87. The number of hydrogen-bond acceptors (Lipinski definition) is 2. The fourth-order valence-electron chi connectivity index (χ4n) is 0.831. The molecule has 0 unspecified atom stereocenters. The molecule has 2 nitrogen and oxygen atoms in total. The second-order valence-corrected chi connectivity index (χ2v) is 2.08. The molecule has 0 aromatic carbocycles. The van der Waals surface area contributed by atoms with Gasteiger partial charge in [-0.3, -0.25) is 0 Å². The van der Waals surface area contributed by atoms with Crippen LogP contribution in [0, 0.1) is 0 Å². The number of aromatic nitrogens is 2. The Morgan fingerprint density at radius 3 is 2.27 bits per heavy atom. The summed E-state index contributed by atoms with van der Waals surface area (Å²) in [5.74, 6) is 0. The van der Waals surface area contributed by atoms with Crippen LogP contribution in [0.3, 0.4) is 0 Å². The first-order valence-electron chi connectivity index (χ1n) is 5.45. The summed E-state index contributed by atoms with van der Waals surface area (Å²) in [5.41, 5.74) is 1.88. The SMILES string of the molecule is C=Cc1nnccc1/C=C\C.CC.CC. The Balaban J connectivity index is 0. The summed E-state index contributed by atoms with van der Waals surface area (Å²) in [5, 5.41) is 7.64. The first kappa shape index (κ1) is 16.0. The lowest BCUT2D eigenvalue weighted by Gasteiger charge is -1.95. The molecule has 1 aromatic rings. The van der Waals surface area contributed by atoms with Gasteiger partial charge < -0.3 is 0 Å². The third-order valence-corrected chi connectivity index (χ3v) is 1.32. The molecule has 1 rings (SSSR count). The molecule has 0 aliphatic rings. The van der Waals surface area contributed by atoms with Gasteiger partial charge in [-0.15, -0.1) is 0 Å². The summed E-state index contributed by atoms with van der Waals surface area (Å²) < 4.78 is 0. The van der Waals surface area contributed by atoms with Crippen LogP contribution in [-0.2, 0) is 0 Å². The molecular weight excluding hydrogens is 184 g/mol. The molecule has 0 bridgehead atoms. The van der Waals surface area contributed by atoms with Crippen LogP contribution < -0.4 is 0 Å². The molecule has 1 heterocycles. The van der Waals surface area contributed by atoms with Gasteiger partial charge in [-0.25, -0.2) is 0 Å².